The zero-order chi connectivity index (χ0) is 23.9. The van der Waals surface area contributed by atoms with E-state index in [-0.39, 0.29) is 12.0 Å². The first kappa shape index (κ1) is 24.8. The molecule has 2 aromatic carbocycles. The van der Waals surface area contributed by atoms with Gasteiger partial charge in [0.15, 0.2) is 11.5 Å². The lowest BCUT2D eigenvalue weighted by atomic mass is 10.1. The molecule has 0 fully saturated rings. The topological polar surface area (TPSA) is 103 Å². The van der Waals surface area contributed by atoms with E-state index < -0.39 is 5.60 Å². The van der Waals surface area contributed by atoms with E-state index >= 15 is 0 Å². The van der Waals surface area contributed by atoms with Gasteiger partial charge in [0.2, 0.25) is 0 Å². The lowest BCUT2D eigenvalue weighted by Gasteiger charge is -2.24. The lowest BCUT2D eigenvalue weighted by Crippen LogP contribution is -2.35. The van der Waals surface area contributed by atoms with Crippen molar-refractivity contribution in [2.45, 2.75) is 39.7 Å². The number of anilines is 2. The first-order chi connectivity index (χ1) is 15.0. The molecule has 0 aliphatic heterocycles. The monoisotopic (exact) mass is 443 g/mol. The van der Waals surface area contributed by atoms with Crippen LogP contribution in [0.2, 0.25) is 0 Å². The number of hydrogen-bond donors (Lipinski definition) is 2. The maximum absolute atomic E-state index is 12.7. The van der Waals surface area contributed by atoms with Gasteiger partial charge in [0.05, 0.1) is 19.3 Å². The Morgan fingerprint density at radius 2 is 1.75 bits per heavy atom. The summed E-state index contributed by atoms with van der Waals surface area (Å²) in [6.07, 6.45) is 0.303. The zero-order valence-corrected chi connectivity index (χ0v) is 19.7. The Balaban J connectivity index is 2.00. The highest BCUT2D eigenvalue weighted by Gasteiger charge is 2.19. The molecule has 0 saturated carbocycles. The Morgan fingerprint density at radius 1 is 1.09 bits per heavy atom. The maximum Gasteiger partial charge on any atom is 0.410 e. The third kappa shape index (κ3) is 7.08. The number of carbonyl (C=O) groups excluding carboxylic acids is 2. The van der Waals surface area contributed by atoms with Gasteiger partial charge in [0, 0.05) is 31.0 Å². The molecule has 3 N–H and O–H groups in total. The van der Waals surface area contributed by atoms with Crippen molar-refractivity contribution in [3.8, 4) is 11.5 Å². The largest absolute Gasteiger partial charge is 0.493 e. The average molecular weight is 444 g/mol. The lowest BCUT2D eigenvalue weighted by molar-refractivity contribution is 0.0300. The highest BCUT2D eigenvalue weighted by atomic mass is 16.6. The summed E-state index contributed by atoms with van der Waals surface area (Å²) in [7, 11) is 3.22. The molecule has 8 heteroatoms. The van der Waals surface area contributed by atoms with Gasteiger partial charge in [-0.2, -0.15) is 0 Å². The molecule has 2 amide bonds. The summed E-state index contributed by atoms with van der Waals surface area (Å²) in [4.78, 5) is 26.3. The minimum atomic E-state index is -0.526. The van der Waals surface area contributed by atoms with Crippen LogP contribution in [0.25, 0.3) is 0 Å². The van der Waals surface area contributed by atoms with E-state index in [1.807, 2.05) is 52.0 Å². The number of hydrogen-bond acceptors (Lipinski definition) is 6. The molecule has 0 spiro atoms. The molecule has 0 heterocycles. The average Bonchev–Trinajstić information content (AvgIpc) is 2.72. The number of carbonyl (C=O) groups is 2. The van der Waals surface area contributed by atoms with E-state index in [4.69, 9.17) is 19.9 Å². The number of methoxy groups -OCH3 is 1. The second-order valence-electron chi connectivity index (χ2n) is 8.33. The van der Waals surface area contributed by atoms with Gasteiger partial charge < -0.3 is 30.2 Å². The Hall–Kier alpha value is -3.42. The minimum absolute atomic E-state index is 0.296. The predicted molar refractivity (Wildman–Crippen MR) is 126 cm³/mol. The number of nitrogen functional groups attached to an aromatic ring is 1. The smallest absolute Gasteiger partial charge is 0.410 e. The van der Waals surface area contributed by atoms with Crippen LogP contribution < -0.4 is 20.5 Å². The highest BCUT2D eigenvalue weighted by molar-refractivity contribution is 6.08. The Morgan fingerprint density at radius 3 is 2.31 bits per heavy atom. The van der Waals surface area contributed by atoms with Gasteiger partial charge in [-0.3, -0.25) is 4.79 Å². The van der Waals surface area contributed by atoms with Crippen LogP contribution in [-0.2, 0) is 11.2 Å². The molecule has 0 aliphatic carbocycles. The first-order valence-corrected chi connectivity index (χ1v) is 10.5. The van der Waals surface area contributed by atoms with Crippen molar-refractivity contribution in [1.29, 1.82) is 0 Å². The molecule has 32 heavy (non-hydrogen) atoms. The first-order valence-electron chi connectivity index (χ1n) is 10.5. The fraction of sp³-hybridized carbons (Fsp3) is 0.417. The van der Waals surface area contributed by atoms with Crippen molar-refractivity contribution >= 4 is 23.4 Å². The maximum atomic E-state index is 12.7. The summed E-state index contributed by atoms with van der Waals surface area (Å²) in [5.74, 6) is 0.587. The number of nitrogens with one attached hydrogen (secondary N) is 1. The number of rotatable bonds is 8. The third-order valence-electron chi connectivity index (χ3n) is 4.53. The van der Waals surface area contributed by atoms with Crippen molar-refractivity contribution in [3.63, 3.8) is 0 Å². The van der Waals surface area contributed by atoms with E-state index in [1.54, 1.807) is 24.1 Å². The molecule has 174 valence electrons. The van der Waals surface area contributed by atoms with Gasteiger partial charge in [0.1, 0.15) is 5.60 Å². The van der Waals surface area contributed by atoms with Crippen LogP contribution >= 0.6 is 0 Å². The van der Waals surface area contributed by atoms with E-state index in [0.717, 1.165) is 5.56 Å². The quantitative estimate of drug-likeness (QED) is 0.589. The number of ether oxygens (including phenoxy) is 3. The molecule has 0 unspecified atom stereocenters. The van der Waals surface area contributed by atoms with Crippen molar-refractivity contribution in [2.24, 2.45) is 0 Å². The van der Waals surface area contributed by atoms with Gasteiger partial charge in [-0.1, -0.05) is 12.1 Å². The fourth-order valence-electron chi connectivity index (χ4n) is 2.88. The molecular formula is C24H33N3O5. The Bertz CT molecular complexity index is 936. The van der Waals surface area contributed by atoms with Crippen LogP contribution in [0.3, 0.4) is 0 Å². The van der Waals surface area contributed by atoms with Crippen molar-refractivity contribution < 1.29 is 23.8 Å². The van der Waals surface area contributed by atoms with Gasteiger partial charge >= 0.3 is 6.09 Å². The standard InChI is InChI=1S/C24H33N3O5/c1-7-31-21-14-18(19(25)15-20(21)30-6)22(28)26-17-10-8-16(9-11-17)12-13-27(5)23(29)32-24(2,3)4/h8-11,14-15H,7,12-13,25H2,1-6H3,(H,26,28). The van der Waals surface area contributed by atoms with E-state index in [1.165, 1.54) is 7.11 Å². The van der Waals surface area contributed by atoms with E-state index in [0.29, 0.717) is 48.0 Å². The summed E-state index contributed by atoms with van der Waals surface area (Å²) in [6.45, 7) is 8.31. The van der Waals surface area contributed by atoms with Gasteiger partial charge in [-0.15, -0.1) is 0 Å². The van der Waals surface area contributed by atoms with Gasteiger partial charge in [-0.05, 0) is 57.9 Å². The molecule has 0 saturated heterocycles. The van der Waals surface area contributed by atoms with Crippen LogP contribution in [0, 0.1) is 0 Å². The van der Waals surface area contributed by atoms with Gasteiger partial charge in [0.25, 0.3) is 5.91 Å². The summed E-state index contributed by atoms with van der Waals surface area (Å²) in [5.41, 5.74) is 7.77. The van der Waals surface area contributed by atoms with Crippen molar-refractivity contribution in [1.82, 2.24) is 4.90 Å². The molecule has 0 bridgehead atoms. The normalized spacial score (nSPS) is 10.9. The molecule has 0 atom stereocenters. The molecule has 2 aromatic rings. The van der Waals surface area contributed by atoms with E-state index in [9.17, 15) is 9.59 Å². The molecule has 0 radical (unpaired) electrons. The fourth-order valence-corrected chi connectivity index (χ4v) is 2.88. The molecule has 8 nitrogen and oxygen atoms in total. The second-order valence-corrected chi connectivity index (χ2v) is 8.33. The van der Waals surface area contributed by atoms with Gasteiger partial charge in [-0.25, -0.2) is 4.79 Å². The van der Waals surface area contributed by atoms with Crippen molar-refractivity contribution in [2.75, 3.05) is 38.4 Å². The summed E-state index contributed by atoms with van der Waals surface area (Å²) in [5, 5.41) is 2.84. The molecule has 0 aromatic heterocycles. The number of nitrogens with two attached hydrogens (primary N) is 1. The number of benzene rings is 2. The predicted octanol–water partition coefficient (Wildman–Crippen LogP) is 4.34. The molecule has 2 rings (SSSR count). The Labute approximate surface area is 189 Å². The summed E-state index contributed by atoms with van der Waals surface area (Å²) >= 11 is 0. The van der Waals surface area contributed by atoms with Crippen LogP contribution in [-0.4, -0.2) is 49.8 Å². The number of amides is 2. The van der Waals surface area contributed by atoms with Crippen LogP contribution in [0.1, 0.15) is 43.6 Å². The van der Waals surface area contributed by atoms with E-state index in [2.05, 4.69) is 5.32 Å². The minimum Gasteiger partial charge on any atom is -0.493 e. The third-order valence-corrected chi connectivity index (χ3v) is 4.53. The number of nitrogens with zero attached hydrogens (tertiary/aromatic N) is 1. The summed E-state index contributed by atoms with van der Waals surface area (Å²) < 4.78 is 16.1. The molecular weight excluding hydrogens is 410 g/mol. The second kappa shape index (κ2) is 10.7. The SMILES string of the molecule is CCOc1cc(C(=O)Nc2ccc(CCN(C)C(=O)OC(C)(C)C)cc2)c(N)cc1OC. The highest BCUT2D eigenvalue weighted by Crippen LogP contribution is 2.32. The van der Waals surface area contributed by atoms with Crippen LogP contribution in [0.5, 0.6) is 11.5 Å². The van der Waals surface area contributed by atoms with Crippen molar-refractivity contribution in [3.05, 3.63) is 47.5 Å². The van der Waals surface area contributed by atoms with Crippen LogP contribution in [0.4, 0.5) is 16.2 Å². The number of likely N-dealkylation sites (N-methyl/N-ethyl adjacent to an activating group) is 1. The Kier molecular flexibility index (Phi) is 8.34. The molecule has 0 aliphatic rings. The zero-order valence-electron chi connectivity index (χ0n) is 19.7. The van der Waals surface area contributed by atoms with Crippen LogP contribution in [0.15, 0.2) is 36.4 Å². The summed E-state index contributed by atoms with van der Waals surface area (Å²) in [6, 6.07) is 10.6.